The van der Waals surface area contributed by atoms with Gasteiger partial charge in [-0.1, -0.05) is 23.7 Å². The summed E-state index contributed by atoms with van der Waals surface area (Å²) in [7, 11) is 0. The molecule has 1 aliphatic heterocycles. The van der Waals surface area contributed by atoms with Crippen LogP contribution in [-0.4, -0.2) is 19.0 Å². The first kappa shape index (κ1) is 15.7. The molecular formula is C18H20ClN3O. The highest BCUT2D eigenvalue weighted by molar-refractivity contribution is 6.34. The van der Waals surface area contributed by atoms with Gasteiger partial charge in [-0.25, -0.2) is 0 Å². The first-order valence-electron chi connectivity index (χ1n) is 7.85. The van der Waals surface area contributed by atoms with Crippen molar-refractivity contribution in [3.63, 3.8) is 0 Å². The molecule has 5 heteroatoms. The monoisotopic (exact) mass is 329 g/mol. The predicted molar refractivity (Wildman–Crippen MR) is 96.3 cm³/mol. The van der Waals surface area contributed by atoms with E-state index in [0.717, 1.165) is 18.8 Å². The number of benzene rings is 2. The molecule has 1 aliphatic rings. The van der Waals surface area contributed by atoms with E-state index in [4.69, 9.17) is 17.3 Å². The van der Waals surface area contributed by atoms with Crippen LogP contribution >= 0.6 is 11.6 Å². The zero-order valence-corrected chi connectivity index (χ0v) is 13.6. The molecular weight excluding hydrogens is 310 g/mol. The van der Waals surface area contributed by atoms with Gasteiger partial charge in [0, 0.05) is 18.8 Å². The maximum atomic E-state index is 12.3. The number of amides is 1. The molecule has 3 rings (SSSR count). The van der Waals surface area contributed by atoms with Gasteiger partial charge in [-0.05, 0) is 49.6 Å². The molecule has 1 amide bonds. The average Bonchev–Trinajstić information content (AvgIpc) is 2.56. The zero-order valence-electron chi connectivity index (χ0n) is 12.9. The normalized spacial score (nSPS) is 14.6. The fraction of sp³-hybridized carbons (Fsp3) is 0.278. The van der Waals surface area contributed by atoms with Crippen molar-refractivity contribution in [3.05, 3.63) is 53.1 Å². The van der Waals surface area contributed by atoms with Gasteiger partial charge in [0.1, 0.15) is 0 Å². The molecule has 0 bridgehead atoms. The highest BCUT2D eigenvalue weighted by Crippen LogP contribution is 2.29. The molecule has 0 radical (unpaired) electrons. The van der Waals surface area contributed by atoms with E-state index in [1.54, 1.807) is 30.3 Å². The quantitative estimate of drug-likeness (QED) is 0.831. The van der Waals surface area contributed by atoms with E-state index < -0.39 is 0 Å². The highest BCUT2D eigenvalue weighted by atomic mass is 35.5. The minimum Gasteiger partial charge on any atom is -0.397 e. The number of nitrogens with one attached hydrogen (secondary N) is 1. The van der Waals surface area contributed by atoms with E-state index in [1.807, 2.05) is 12.1 Å². The third-order valence-corrected chi connectivity index (χ3v) is 4.43. The molecule has 2 aromatic carbocycles. The van der Waals surface area contributed by atoms with Gasteiger partial charge in [0.05, 0.1) is 22.0 Å². The zero-order chi connectivity index (χ0) is 16.2. The van der Waals surface area contributed by atoms with Crippen molar-refractivity contribution in [1.29, 1.82) is 0 Å². The van der Waals surface area contributed by atoms with Crippen LogP contribution in [0.1, 0.15) is 29.6 Å². The number of nitrogens with zero attached hydrogens (tertiary/aromatic N) is 1. The first-order valence-corrected chi connectivity index (χ1v) is 8.23. The Morgan fingerprint density at radius 2 is 1.83 bits per heavy atom. The Labute approximate surface area is 141 Å². The van der Waals surface area contributed by atoms with Gasteiger partial charge in [-0.3, -0.25) is 4.79 Å². The van der Waals surface area contributed by atoms with Crippen LogP contribution in [0.2, 0.25) is 5.02 Å². The van der Waals surface area contributed by atoms with Crippen LogP contribution in [0, 0.1) is 0 Å². The van der Waals surface area contributed by atoms with Crippen LogP contribution < -0.4 is 16.0 Å². The highest BCUT2D eigenvalue weighted by Gasteiger charge is 2.15. The molecule has 1 heterocycles. The molecule has 3 N–H and O–H groups in total. The molecule has 0 aromatic heterocycles. The maximum absolute atomic E-state index is 12.3. The maximum Gasteiger partial charge on any atom is 0.257 e. The van der Waals surface area contributed by atoms with Crippen LogP contribution in [0.5, 0.6) is 0 Å². The molecule has 120 valence electrons. The molecule has 0 aliphatic carbocycles. The number of nitrogens with two attached hydrogens (primary N) is 1. The number of carbonyl (C=O) groups is 1. The second-order valence-corrected chi connectivity index (χ2v) is 6.16. The number of halogens is 1. The molecule has 0 atom stereocenters. The Bertz CT molecular complexity index is 711. The van der Waals surface area contributed by atoms with Gasteiger partial charge in [0.15, 0.2) is 0 Å². The summed E-state index contributed by atoms with van der Waals surface area (Å²) >= 11 is 6.05. The minimum absolute atomic E-state index is 0.235. The van der Waals surface area contributed by atoms with Gasteiger partial charge in [0.2, 0.25) is 0 Å². The Morgan fingerprint density at radius 1 is 1.09 bits per heavy atom. The average molecular weight is 330 g/mol. The summed E-state index contributed by atoms with van der Waals surface area (Å²) in [4.78, 5) is 14.6. The number of hydrogen-bond donors (Lipinski definition) is 2. The molecule has 4 nitrogen and oxygen atoms in total. The number of piperidine rings is 1. The van der Waals surface area contributed by atoms with Crippen molar-refractivity contribution in [1.82, 2.24) is 0 Å². The van der Waals surface area contributed by atoms with Gasteiger partial charge >= 0.3 is 0 Å². The van der Waals surface area contributed by atoms with Crippen molar-refractivity contribution in [3.8, 4) is 0 Å². The van der Waals surface area contributed by atoms with Gasteiger partial charge < -0.3 is 16.0 Å². The van der Waals surface area contributed by atoms with E-state index in [-0.39, 0.29) is 5.91 Å². The number of anilines is 3. The lowest BCUT2D eigenvalue weighted by atomic mass is 10.1. The van der Waals surface area contributed by atoms with E-state index >= 15 is 0 Å². The van der Waals surface area contributed by atoms with Crippen LogP contribution in [0.4, 0.5) is 17.1 Å². The first-order chi connectivity index (χ1) is 11.1. The fourth-order valence-electron chi connectivity index (χ4n) is 2.90. The van der Waals surface area contributed by atoms with Crippen molar-refractivity contribution >= 4 is 34.6 Å². The lowest BCUT2D eigenvalue weighted by Crippen LogP contribution is -2.30. The van der Waals surface area contributed by atoms with E-state index in [1.165, 1.54) is 19.3 Å². The summed E-state index contributed by atoms with van der Waals surface area (Å²) in [5, 5.41) is 3.28. The molecule has 0 spiro atoms. The minimum atomic E-state index is -0.235. The predicted octanol–water partition coefficient (Wildman–Crippen LogP) is 4.16. The summed E-state index contributed by atoms with van der Waals surface area (Å²) in [6.45, 7) is 2.07. The third kappa shape index (κ3) is 3.59. The van der Waals surface area contributed by atoms with Gasteiger partial charge in [0.25, 0.3) is 5.91 Å². The second-order valence-electron chi connectivity index (χ2n) is 5.76. The third-order valence-electron chi connectivity index (χ3n) is 4.10. The van der Waals surface area contributed by atoms with E-state index in [0.29, 0.717) is 22.0 Å². The lowest BCUT2D eigenvalue weighted by Gasteiger charge is -2.30. The van der Waals surface area contributed by atoms with Crippen LogP contribution in [0.15, 0.2) is 42.5 Å². The standard InChI is InChI=1S/C18H20ClN3O/c19-15-7-3-2-6-14(15)18(23)21-13-8-9-17(16(20)12-13)22-10-4-1-5-11-22/h2-3,6-9,12H,1,4-5,10-11,20H2,(H,21,23). The smallest absolute Gasteiger partial charge is 0.257 e. The van der Waals surface area contributed by atoms with Crippen molar-refractivity contribution in [2.45, 2.75) is 19.3 Å². The second kappa shape index (κ2) is 6.92. The molecule has 1 fully saturated rings. The van der Waals surface area contributed by atoms with E-state index in [9.17, 15) is 4.79 Å². The summed E-state index contributed by atoms with van der Waals surface area (Å²) < 4.78 is 0. The Kier molecular flexibility index (Phi) is 4.72. The van der Waals surface area contributed by atoms with Gasteiger partial charge in [-0.15, -0.1) is 0 Å². The molecule has 23 heavy (non-hydrogen) atoms. The Morgan fingerprint density at radius 3 is 2.52 bits per heavy atom. The summed E-state index contributed by atoms with van der Waals surface area (Å²) in [5.74, 6) is -0.235. The number of carbonyl (C=O) groups excluding carboxylic acids is 1. The number of nitrogen functional groups attached to an aromatic ring is 1. The number of rotatable bonds is 3. The largest absolute Gasteiger partial charge is 0.397 e. The Balaban J connectivity index is 1.75. The SMILES string of the molecule is Nc1cc(NC(=O)c2ccccc2Cl)ccc1N1CCCCC1. The Hall–Kier alpha value is -2.20. The van der Waals surface area contributed by atoms with Crippen LogP contribution in [-0.2, 0) is 0 Å². The topological polar surface area (TPSA) is 58.4 Å². The summed E-state index contributed by atoms with van der Waals surface area (Å²) in [6, 6.07) is 12.6. The fourth-order valence-corrected chi connectivity index (χ4v) is 3.12. The van der Waals surface area contributed by atoms with Crippen molar-refractivity contribution < 1.29 is 4.79 Å². The van der Waals surface area contributed by atoms with Gasteiger partial charge in [-0.2, -0.15) is 0 Å². The lowest BCUT2D eigenvalue weighted by molar-refractivity contribution is 0.102. The summed E-state index contributed by atoms with van der Waals surface area (Å²) in [5.41, 5.74) is 9.03. The van der Waals surface area contributed by atoms with Crippen molar-refractivity contribution in [2.24, 2.45) is 0 Å². The molecule has 1 saturated heterocycles. The van der Waals surface area contributed by atoms with Crippen LogP contribution in [0.25, 0.3) is 0 Å². The van der Waals surface area contributed by atoms with Crippen LogP contribution in [0.3, 0.4) is 0 Å². The van der Waals surface area contributed by atoms with E-state index in [2.05, 4.69) is 10.2 Å². The number of hydrogen-bond acceptors (Lipinski definition) is 3. The molecule has 0 saturated carbocycles. The summed E-state index contributed by atoms with van der Waals surface area (Å²) in [6.07, 6.45) is 3.68. The van der Waals surface area contributed by atoms with Crippen molar-refractivity contribution in [2.75, 3.05) is 29.0 Å². The molecule has 0 unspecified atom stereocenters. The molecule has 2 aromatic rings.